The number of sulfonamides is 1. The minimum absolute atomic E-state index is 0.269. The maximum absolute atomic E-state index is 11.8. The van der Waals surface area contributed by atoms with Gasteiger partial charge in [0.1, 0.15) is 5.54 Å². The molecular formula is C11H21NO6S. The largest absolute Gasteiger partial charge is 0.469 e. The molecule has 0 saturated heterocycles. The van der Waals surface area contributed by atoms with Crippen molar-refractivity contribution in [1.29, 1.82) is 0 Å². The molecule has 0 rings (SSSR count). The lowest BCUT2D eigenvalue weighted by Crippen LogP contribution is -2.53. The normalized spacial score (nSPS) is 14.5. The van der Waals surface area contributed by atoms with Crippen LogP contribution in [0.15, 0.2) is 0 Å². The minimum Gasteiger partial charge on any atom is -0.469 e. The van der Waals surface area contributed by atoms with Gasteiger partial charge in [-0.15, -0.1) is 0 Å². The third kappa shape index (κ3) is 6.02. The van der Waals surface area contributed by atoms with Crippen molar-refractivity contribution < 1.29 is 27.5 Å². The highest BCUT2D eigenvalue weighted by atomic mass is 32.2. The van der Waals surface area contributed by atoms with Gasteiger partial charge < -0.3 is 9.47 Å². The van der Waals surface area contributed by atoms with Crippen LogP contribution in [0.3, 0.4) is 0 Å². The van der Waals surface area contributed by atoms with E-state index in [1.165, 1.54) is 21.1 Å². The fourth-order valence-corrected chi connectivity index (χ4v) is 3.04. The minimum atomic E-state index is -3.77. The topological polar surface area (TPSA) is 98.8 Å². The molecule has 7 nitrogen and oxygen atoms in total. The van der Waals surface area contributed by atoms with Gasteiger partial charge in [0.2, 0.25) is 10.0 Å². The van der Waals surface area contributed by atoms with Crippen molar-refractivity contribution in [2.24, 2.45) is 0 Å². The number of ether oxygens (including phenoxy) is 2. The van der Waals surface area contributed by atoms with Gasteiger partial charge in [0.25, 0.3) is 0 Å². The number of methoxy groups -OCH3 is 2. The van der Waals surface area contributed by atoms with Crippen LogP contribution in [0, 0.1) is 0 Å². The summed E-state index contributed by atoms with van der Waals surface area (Å²) < 4.78 is 34.9. The number of hydrogen-bond acceptors (Lipinski definition) is 6. The molecule has 0 aliphatic carbocycles. The first-order valence-corrected chi connectivity index (χ1v) is 7.53. The maximum Gasteiger partial charge on any atom is 0.326 e. The molecule has 0 aromatic carbocycles. The highest BCUT2D eigenvalue weighted by Gasteiger charge is 2.37. The summed E-state index contributed by atoms with van der Waals surface area (Å²) in [5, 5.41) is 0. The smallest absolute Gasteiger partial charge is 0.326 e. The van der Waals surface area contributed by atoms with Gasteiger partial charge in [-0.3, -0.25) is 9.59 Å². The van der Waals surface area contributed by atoms with Gasteiger partial charge in [0.15, 0.2) is 0 Å². The SMILES string of the molecule is CCCC(C)(NS(=O)(=O)CCC(=O)OC)C(=O)OC. The zero-order valence-corrected chi connectivity index (χ0v) is 12.5. The third-order valence-corrected chi connectivity index (χ3v) is 4.07. The molecule has 1 N–H and O–H groups in total. The van der Waals surface area contributed by atoms with Crippen molar-refractivity contribution >= 4 is 22.0 Å². The van der Waals surface area contributed by atoms with Gasteiger partial charge in [-0.2, -0.15) is 4.72 Å². The predicted octanol–water partition coefficient (Wildman–Crippen LogP) is 0.201. The number of esters is 2. The first kappa shape index (κ1) is 17.8. The Morgan fingerprint density at radius 3 is 2.21 bits per heavy atom. The molecular weight excluding hydrogens is 274 g/mol. The second-order valence-corrected chi connectivity index (χ2v) is 6.16. The van der Waals surface area contributed by atoms with E-state index in [0.29, 0.717) is 12.8 Å². The van der Waals surface area contributed by atoms with Crippen LogP contribution in [0.2, 0.25) is 0 Å². The van der Waals surface area contributed by atoms with E-state index in [4.69, 9.17) is 0 Å². The summed E-state index contributed by atoms with van der Waals surface area (Å²) >= 11 is 0. The van der Waals surface area contributed by atoms with Gasteiger partial charge in [-0.05, 0) is 13.3 Å². The average Bonchev–Trinajstić information content (AvgIpc) is 2.34. The van der Waals surface area contributed by atoms with Gasteiger partial charge in [0.05, 0.1) is 26.4 Å². The molecule has 0 saturated carbocycles. The van der Waals surface area contributed by atoms with Gasteiger partial charge in [-0.25, -0.2) is 8.42 Å². The summed E-state index contributed by atoms with van der Waals surface area (Å²) in [5.74, 6) is -1.72. The third-order valence-electron chi connectivity index (χ3n) is 2.57. The van der Waals surface area contributed by atoms with Crippen LogP contribution < -0.4 is 4.72 Å². The van der Waals surface area contributed by atoms with Crippen LogP contribution >= 0.6 is 0 Å². The zero-order valence-electron chi connectivity index (χ0n) is 11.7. The predicted molar refractivity (Wildman–Crippen MR) is 68.9 cm³/mol. The van der Waals surface area contributed by atoms with E-state index in [9.17, 15) is 18.0 Å². The Morgan fingerprint density at radius 1 is 1.21 bits per heavy atom. The van der Waals surface area contributed by atoms with E-state index in [2.05, 4.69) is 14.2 Å². The van der Waals surface area contributed by atoms with Crippen LogP contribution in [-0.2, 0) is 29.1 Å². The number of hydrogen-bond donors (Lipinski definition) is 1. The second kappa shape index (κ2) is 7.44. The van der Waals surface area contributed by atoms with Crippen LogP contribution in [0.5, 0.6) is 0 Å². The van der Waals surface area contributed by atoms with E-state index in [1.807, 2.05) is 6.92 Å². The summed E-state index contributed by atoms with van der Waals surface area (Å²) in [5.41, 5.74) is -1.32. The first-order valence-electron chi connectivity index (χ1n) is 5.87. The lowest BCUT2D eigenvalue weighted by Gasteiger charge is -2.27. The molecule has 0 amide bonds. The van der Waals surface area contributed by atoms with E-state index < -0.39 is 33.3 Å². The molecule has 0 aliphatic rings. The highest BCUT2D eigenvalue weighted by molar-refractivity contribution is 7.89. The summed E-state index contributed by atoms with van der Waals surface area (Å²) in [7, 11) is -1.40. The monoisotopic (exact) mass is 295 g/mol. The Labute approximate surface area is 113 Å². The summed E-state index contributed by atoms with van der Waals surface area (Å²) in [6.07, 6.45) is 0.636. The fraction of sp³-hybridized carbons (Fsp3) is 0.818. The van der Waals surface area contributed by atoms with Gasteiger partial charge in [-0.1, -0.05) is 13.3 Å². The number of carbonyl (C=O) groups excluding carboxylic acids is 2. The molecule has 0 aromatic rings. The number of carbonyl (C=O) groups is 2. The molecule has 1 atom stereocenters. The van der Waals surface area contributed by atoms with Crippen LogP contribution in [0.1, 0.15) is 33.1 Å². The van der Waals surface area contributed by atoms with Crippen LogP contribution in [-0.4, -0.2) is 45.9 Å². The molecule has 0 aliphatic heterocycles. The molecule has 0 radical (unpaired) electrons. The van der Waals surface area contributed by atoms with Gasteiger partial charge in [0, 0.05) is 0 Å². The van der Waals surface area contributed by atoms with Crippen molar-refractivity contribution in [2.45, 2.75) is 38.6 Å². The molecule has 0 aromatic heterocycles. The van der Waals surface area contributed by atoms with Gasteiger partial charge >= 0.3 is 11.9 Å². The van der Waals surface area contributed by atoms with Crippen molar-refractivity contribution in [3.63, 3.8) is 0 Å². The Bertz CT molecular complexity index is 419. The number of nitrogens with one attached hydrogen (secondary N) is 1. The standard InChI is InChI=1S/C11H21NO6S/c1-5-7-11(2,10(14)18-4)12-19(15,16)8-6-9(13)17-3/h12H,5-8H2,1-4H3. The van der Waals surface area contributed by atoms with Crippen molar-refractivity contribution in [1.82, 2.24) is 4.72 Å². The number of rotatable bonds is 8. The quantitative estimate of drug-likeness (QED) is 0.642. The lowest BCUT2D eigenvalue weighted by atomic mass is 9.98. The molecule has 1 unspecified atom stereocenters. The Hall–Kier alpha value is -1.15. The van der Waals surface area contributed by atoms with Crippen molar-refractivity contribution in [3.05, 3.63) is 0 Å². The highest BCUT2D eigenvalue weighted by Crippen LogP contribution is 2.16. The van der Waals surface area contributed by atoms with E-state index >= 15 is 0 Å². The summed E-state index contributed by atoms with van der Waals surface area (Å²) in [4.78, 5) is 22.6. The van der Waals surface area contributed by atoms with Crippen molar-refractivity contribution in [2.75, 3.05) is 20.0 Å². The van der Waals surface area contributed by atoms with Crippen LogP contribution in [0.25, 0.3) is 0 Å². The summed E-state index contributed by atoms with van der Waals surface area (Å²) in [6.45, 7) is 3.28. The zero-order chi connectivity index (χ0) is 15.1. The van der Waals surface area contributed by atoms with Crippen molar-refractivity contribution in [3.8, 4) is 0 Å². The van der Waals surface area contributed by atoms with Crippen LogP contribution in [0.4, 0.5) is 0 Å². The van der Waals surface area contributed by atoms with E-state index in [-0.39, 0.29) is 6.42 Å². The molecule has 0 bridgehead atoms. The maximum atomic E-state index is 11.8. The molecule has 0 spiro atoms. The molecule has 0 heterocycles. The Balaban J connectivity index is 4.83. The molecule has 112 valence electrons. The molecule has 0 fully saturated rings. The van der Waals surface area contributed by atoms with E-state index in [1.54, 1.807) is 0 Å². The first-order chi connectivity index (χ1) is 8.70. The fourth-order valence-electron chi connectivity index (χ4n) is 1.63. The molecule has 19 heavy (non-hydrogen) atoms. The second-order valence-electron chi connectivity index (χ2n) is 4.32. The Morgan fingerprint density at radius 2 is 1.79 bits per heavy atom. The average molecular weight is 295 g/mol. The Kier molecular flexibility index (Phi) is 6.99. The van der Waals surface area contributed by atoms with E-state index in [0.717, 1.165) is 0 Å². The summed E-state index contributed by atoms with van der Waals surface area (Å²) in [6, 6.07) is 0. The lowest BCUT2D eigenvalue weighted by molar-refractivity contribution is -0.147. The molecule has 8 heteroatoms.